The molecule has 0 saturated carbocycles. The molecule has 1 saturated heterocycles. The number of fused-ring (bicyclic) bond motifs is 2. The average molecular weight is 364 g/mol. The molecule has 4 rings (SSSR count). The number of carbonyl (C=O) groups excluding carboxylic acids is 2. The fourth-order valence-corrected chi connectivity index (χ4v) is 3.96. The number of piperidine rings is 1. The van der Waals surface area contributed by atoms with Gasteiger partial charge in [0.2, 0.25) is 0 Å². The predicted molar refractivity (Wildman–Crippen MR) is 107 cm³/mol. The number of nitrogens with one attached hydrogen (secondary N) is 2. The zero-order chi connectivity index (χ0) is 19.0. The van der Waals surface area contributed by atoms with Crippen LogP contribution in [0.15, 0.2) is 48.5 Å². The molecule has 140 valence electrons. The fourth-order valence-electron chi connectivity index (χ4n) is 3.96. The van der Waals surface area contributed by atoms with E-state index in [2.05, 4.69) is 29.5 Å². The molecule has 6 heteroatoms. The molecule has 2 aromatic carbocycles. The Hall–Kier alpha value is -2.86. The van der Waals surface area contributed by atoms with Crippen LogP contribution in [0.3, 0.4) is 0 Å². The molecule has 2 atom stereocenters. The summed E-state index contributed by atoms with van der Waals surface area (Å²) in [7, 11) is 2.10. The summed E-state index contributed by atoms with van der Waals surface area (Å²) in [5.41, 5.74) is 2.39. The van der Waals surface area contributed by atoms with E-state index in [4.69, 9.17) is 0 Å². The number of carbonyl (C=O) groups is 2. The number of anilines is 3. The van der Waals surface area contributed by atoms with Crippen LogP contribution < -0.4 is 15.5 Å². The molecule has 0 aromatic heterocycles. The summed E-state index contributed by atoms with van der Waals surface area (Å²) in [6.45, 7) is 4.08. The second-order valence-electron chi connectivity index (χ2n) is 7.41. The predicted octanol–water partition coefficient (Wildman–Crippen LogP) is 3.44. The molecular formula is C21H24N4O2. The third kappa shape index (κ3) is 3.28. The first-order valence-electron chi connectivity index (χ1n) is 9.33. The number of hydrogen-bond donors (Lipinski definition) is 2. The van der Waals surface area contributed by atoms with E-state index in [-0.39, 0.29) is 18.0 Å². The summed E-state index contributed by atoms with van der Waals surface area (Å²) in [6.07, 6.45) is 0.914. The van der Waals surface area contributed by atoms with Crippen LogP contribution in [-0.4, -0.2) is 43.0 Å². The molecule has 2 heterocycles. The first-order chi connectivity index (χ1) is 13.0. The van der Waals surface area contributed by atoms with E-state index >= 15 is 0 Å². The Morgan fingerprint density at radius 1 is 1.11 bits per heavy atom. The van der Waals surface area contributed by atoms with Gasteiger partial charge in [0, 0.05) is 12.6 Å². The molecule has 2 N–H and O–H groups in total. The van der Waals surface area contributed by atoms with Crippen LogP contribution in [0.25, 0.3) is 0 Å². The van der Waals surface area contributed by atoms with Gasteiger partial charge in [-0.15, -0.1) is 0 Å². The zero-order valence-corrected chi connectivity index (χ0v) is 15.6. The van der Waals surface area contributed by atoms with Gasteiger partial charge in [-0.2, -0.15) is 0 Å². The van der Waals surface area contributed by atoms with E-state index in [1.54, 1.807) is 11.0 Å². The molecule has 6 nitrogen and oxygen atoms in total. The topological polar surface area (TPSA) is 64.7 Å². The van der Waals surface area contributed by atoms with E-state index in [0.29, 0.717) is 28.5 Å². The van der Waals surface area contributed by atoms with Gasteiger partial charge in [-0.05, 0) is 50.2 Å². The second-order valence-corrected chi connectivity index (χ2v) is 7.41. The van der Waals surface area contributed by atoms with Crippen LogP contribution in [0.1, 0.15) is 23.7 Å². The van der Waals surface area contributed by atoms with Gasteiger partial charge in [-0.3, -0.25) is 9.69 Å². The molecule has 2 aliphatic rings. The minimum absolute atomic E-state index is 0.111. The summed E-state index contributed by atoms with van der Waals surface area (Å²) in [5, 5.41) is 6.12. The monoisotopic (exact) mass is 364 g/mol. The van der Waals surface area contributed by atoms with Crippen molar-refractivity contribution in [3.8, 4) is 0 Å². The number of urea groups is 1. The molecule has 0 unspecified atom stereocenters. The third-order valence-corrected chi connectivity index (χ3v) is 5.40. The van der Waals surface area contributed by atoms with Crippen molar-refractivity contribution in [1.29, 1.82) is 0 Å². The highest BCUT2D eigenvalue weighted by atomic mass is 16.2. The largest absolute Gasteiger partial charge is 0.334 e. The summed E-state index contributed by atoms with van der Waals surface area (Å²) in [5.74, 6) is 0.158. The lowest BCUT2D eigenvalue weighted by molar-refractivity contribution is 0.102. The van der Waals surface area contributed by atoms with Crippen molar-refractivity contribution in [2.24, 2.45) is 5.92 Å². The van der Waals surface area contributed by atoms with Crippen LogP contribution in [-0.2, 0) is 0 Å². The Bertz CT molecular complexity index is 882. The summed E-state index contributed by atoms with van der Waals surface area (Å²) in [4.78, 5) is 29.9. The quantitative estimate of drug-likeness (QED) is 0.815. The number of nitrogens with zero attached hydrogens (tertiary/aromatic N) is 2. The lowest BCUT2D eigenvalue weighted by atomic mass is 9.94. The smallest absolute Gasteiger partial charge is 0.326 e. The number of likely N-dealkylation sites (tertiary alicyclic amines) is 1. The van der Waals surface area contributed by atoms with Gasteiger partial charge in [-0.25, -0.2) is 4.79 Å². The average Bonchev–Trinajstić information content (AvgIpc) is 2.78. The van der Waals surface area contributed by atoms with Crippen molar-refractivity contribution < 1.29 is 9.59 Å². The Balaban J connectivity index is 1.71. The van der Waals surface area contributed by atoms with Gasteiger partial charge in [0.25, 0.3) is 5.91 Å². The molecule has 1 fully saturated rings. The second kappa shape index (κ2) is 7.04. The Labute approximate surface area is 159 Å². The molecule has 0 radical (unpaired) electrons. The van der Waals surface area contributed by atoms with Crippen molar-refractivity contribution in [2.45, 2.75) is 19.4 Å². The van der Waals surface area contributed by atoms with E-state index in [9.17, 15) is 9.59 Å². The van der Waals surface area contributed by atoms with E-state index in [0.717, 1.165) is 19.5 Å². The fraction of sp³-hybridized carbons (Fsp3) is 0.333. The van der Waals surface area contributed by atoms with Gasteiger partial charge >= 0.3 is 6.03 Å². The van der Waals surface area contributed by atoms with Crippen molar-refractivity contribution >= 4 is 29.0 Å². The number of rotatable bonds is 1. The highest BCUT2D eigenvalue weighted by Gasteiger charge is 2.32. The van der Waals surface area contributed by atoms with Crippen LogP contribution in [0, 0.1) is 5.92 Å². The number of hydrogen-bond acceptors (Lipinski definition) is 3. The van der Waals surface area contributed by atoms with Crippen LogP contribution in [0.4, 0.5) is 21.9 Å². The first-order valence-corrected chi connectivity index (χ1v) is 9.33. The lowest BCUT2D eigenvalue weighted by Crippen LogP contribution is -2.51. The first kappa shape index (κ1) is 17.5. The Kier molecular flexibility index (Phi) is 4.58. The minimum atomic E-state index is -0.207. The molecular weight excluding hydrogens is 340 g/mol. The molecule has 27 heavy (non-hydrogen) atoms. The zero-order valence-electron chi connectivity index (χ0n) is 15.6. The summed E-state index contributed by atoms with van der Waals surface area (Å²) in [6, 6.07) is 14.5. The number of amides is 3. The maximum absolute atomic E-state index is 13.3. The van der Waals surface area contributed by atoms with Crippen molar-refractivity contribution in [3.63, 3.8) is 0 Å². The molecule has 2 aromatic rings. The molecule has 0 aliphatic carbocycles. The number of para-hydroxylation sites is 3. The van der Waals surface area contributed by atoms with Crippen LogP contribution in [0.2, 0.25) is 0 Å². The van der Waals surface area contributed by atoms with Gasteiger partial charge in [-0.1, -0.05) is 31.2 Å². The van der Waals surface area contributed by atoms with E-state index in [1.165, 1.54) is 0 Å². The Morgan fingerprint density at radius 3 is 2.59 bits per heavy atom. The van der Waals surface area contributed by atoms with Crippen LogP contribution >= 0.6 is 0 Å². The molecule has 3 amide bonds. The van der Waals surface area contributed by atoms with Gasteiger partial charge in [0.15, 0.2) is 0 Å². The third-order valence-electron chi connectivity index (χ3n) is 5.40. The standard InChI is InChI=1S/C21H24N4O2/c1-14-13-24(2)12-11-16(14)23-21(27)25-18-9-5-3-7-15(18)20(26)22-17-8-4-6-10-19(17)25/h3-10,14,16H,11-13H2,1-2H3,(H,22,26)(H,23,27)/t14-,16-/m1/s1. The van der Waals surface area contributed by atoms with Crippen LogP contribution in [0.5, 0.6) is 0 Å². The normalized spacial score (nSPS) is 22.3. The molecule has 0 spiro atoms. The minimum Gasteiger partial charge on any atom is -0.334 e. The SMILES string of the molecule is C[C@@H]1CN(C)CC[C@H]1NC(=O)N1c2ccccc2NC(=O)c2ccccc21. The lowest BCUT2D eigenvalue weighted by Gasteiger charge is -2.36. The highest BCUT2D eigenvalue weighted by Crippen LogP contribution is 2.37. The van der Waals surface area contributed by atoms with Gasteiger partial charge in [0.05, 0.1) is 22.6 Å². The van der Waals surface area contributed by atoms with Crippen molar-refractivity contribution in [2.75, 3.05) is 30.4 Å². The summed E-state index contributed by atoms with van der Waals surface area (Å²) >= 11 is 0. The van der Waals surface area contributed by atoms with Crippen molar-refractivity contribution in [3.05, 3.63) is 54.1 Å². The molecule has 0 bridgehead atoms. The van der Waals surface area contributed by atoms with Crippen molar-refractivity contribution in [1.82, 2.24) is 10.2 Å². The van der Waals surface area contributed by atoms with Gasteiger partial charge in [0.1, 0.15) is 0 Å². The molecule has 2 aliphatic heterocycles. The maximum atomic E-state index is 13.3. The number of benzene rings is 2. The van der Waals surface area contributed by atoms with E-state index < -0.39 is 0 Å². The summed E-state index contributed by atoms with van der Waals surface area (Å²) < 4.78 is 0. The highest BCUT2D eigenvalue weighted by molar-refractivity contribution is 6.17. The van der Waals surface area contributed by atoms with Gasteiger partial charge < -0.3 is 15.5 Å². The maximum Gasteiger partial charge on any atom is 0.326 e. The van der Waals surface area contributed by atoms with E-state index in [1.807, 2.05) is 42.5 Å². The Morgan fingerprint density at radius 2 is 1.81 bits per heavy atom.